The van der Waals surface area contributed by atoms with Crippen LogP contribution in [-0.2, 0) is 12.6 Å². The highest BCUT2D eigenvalue weighted by atomic mass is 19.4. The number of carboxylic acid groups (broad SMARTS) is 1. The number of rotatable bonds is 4. The highest BCUT2D eigenvalue weighted by molar-refractivity contribution is 5.90. The summed E-state index contributed by atoms with van der Waals surface area (Å²) in [6.07, 6.45) is -2.97. The molecule has 4 nitrogen and oxygen atoms in total. The van der Waals surface area contributed by atoms with Gasteiger partial charge in [-0.2, -0.15) is 13.2 Å². The van der Waals surface area contributed by atoms with E-state index in [1.807, 2.05) is 11.8 Å². The van der Waals surface area contributed by atoms with Gasteiger partial charge in [0.2, 0.25) is 0 Å². The summed E-state index contributed by atoms with van der Waals surface area (Å²) in [7, 11) is 0. The number of nitrogens with one attached hydrogen (secondary N) is 1. The molecule has 2 aromatic rings. The topological polar surface area (TPSA) is 52.6 Å². The van der Waals surface area contributed by atoms with Crippen LogP contribution in [0.4, 0.5) is 23.2 Å². The standard InChI is InChI=1S/C20H18F4N2O2/c1-11-5-17(3-4-18(11)19(27)28)26-10-16(25-12(26)2)8-13-6-14(20(22,23)24)9-15(21)7-13/h3-7,9-10,12,25H,8H2,1-2H3,(H,27,28). The average Bonchev–Trinajstić information content (AvgIpc) is 2.93. The van der Waals surface area contributed by atoms with E-state index in [4.69, 9.17) is 5.11 Å². The van der Waals surface area contributed by atoms with Gasteiger partial charge in [-0.15, -0.1) is 0 Å². The molecule has 1 unspecified atom stereocenters. The van der Waals surface area contributed by atoms with Crippen molar-refractivity contribution in [2.75, 3.05) is 4.90 Å². The van der Waals surface area contributed by atoms with E-state index in [-0.39, 0.29) is 23.7 Å². The lowest BCUT2D eigenvalue weighted by Gasteiger charge is -2.23. The lowest BCUT2D eigenvalue weighted by atomic mass is 10.1. The van der Waals surface area contributed by atoms with Crippen LogP contribution in [0.25, 0.3) is 0 Å². The molecule has 0 aliphatic carbocycles. The number of allylic oxidation sites excluding steroid dienone is 1. The van der Waals surface area contributed by atoms with Gasteiger partial charge in [0.1, 0.15) is 12.0 Å². The van der Waals surface area contributed by atoms with Gasteiger partial charge in [-0.25, -0.2) is 9.18 Å². The number of halogens is 4. The van der Waals surface area contributed by atoms with Crippen LogP contribution in [-0.4, -0.2) is 17.2 Å². The van der Waals surface area contributed by atoms with Gasteiger partial charge >= 0.3 is 12.1 Å². The molecule has 0 fully saturated rings. The third kappa shape index (κ3) is 4.11. The maximum Gasteiger partial charge on any atom is 0.416 e. The molecule has 1 aliphatic rings. The lowest BCUT2D eigenvalue weighted by Crippen LogP contribution is -2.33. The number of alkyl halides is 3. The van der Waals surface area contributed by atoms with E-state index < -0.39 is 23.5 Å². The fourth-order valence-corrected chi connectivity index (χ4v) is 3.23. The maximum atomic E-state index is 13.6. The van der Waals surface area contributed by atoms with Gasteiger partial charge in [0.25, 0.3) is 0 Å². The van der Waals surface area contributed by atoms with Gasteiger partial charge in [0, 0.05) is 24.0 Å². The Bertz CT molecular complexity index is 954. The van der Waals surface area contributed by atoms with Crippen LogP contribution in [0.2, 0.25) is 0 Å². The molecule has 1 heterocycles. The molecule has 0 spiro atoms. The Hall–Kier alpha value is -3.03. The summed E-state index contributed by atoms with van der Waals surface area (Å²) < 4.78 is 52.3. The SMILES string of the molecule is Cc1cc(N2C=C(Cc3cc(F)cc(C(F)(F)F)c3)NC2C)ccc1C(=O)O. The molecular weight excluding hydrogens is 376 g/mol. The zero-order valence-corrected chi connectivity index (χ0v) is 15.1. The van der Waals surface area contributed by atoms with Gasteiger partial charge in [0.05, 0.1) is 11.1 Å². The maximum absolute atomic E-state index is 13.6. The summed E-state index contributed by atoms with van der Waals surface area (Å²) in [5.41, 5.74) is 1.36. The molecule has 28 heavy (non-hydrogen) atoms. The van der Waals surface area contributed by atoms with Crippen LogP contribution >= 0.6 is 0 Å². The molecule has 3 rings (SSSR count). The minimum Gasteiger partial charge on any atom is -0.478 e. The van der Waals surface area contributed by atoms with E-state index >= 15 is 0 Å². The minimum absolute atomic E-state index is 0.105. The molecule has 0 bridgehead atoms. The zero-order chi connectivity index (χ0) is 20.6. The Labute approximate surface area is 159 Å². The summed E-state index contributed by atoms with van der Waals surface area (Å²) >= 11 is 0. The van der Waals surface area contributed by atoms with Crippen molar-refractivity contribution in [3.63, 3.8) is 0 Å². The van der Waals surface area contributed by atoms with Crippen LogP contribution in [0, 0.1) is 12.7 Å². The summed E-state index contributed by atoms with van der Waals surface area (Å²) in [4.78, 5) is 13.0. The van der Waals surface area contributed by atoms with E-state index in [9.17, 15) is 22.4 Å². The molecular formula is C20H18F4N2O2. The Morgan fingerprint density at radius 3 is 2.54 bits per heavy atom. The zero-order valence-electron chi connectivity index (χ0n) is 15.1. The van der Waals surface area contributed by atoms with Crippen molar-refractivity contribution >= 4 is 11.7 Å². The van der Waals surface area contributed by atoms with E-state index in [0.29, 0.717) is 17.3 Å². The third-order valence-corrected chi connectivity index (χ3v) is 4.52. The number of benzene rings is 2. The number of hydrogen-bond donors (Lipinski definition) is 2. The fourth-order valence-electron chi connectivity index (χ4n) is 3.23. The van der Waals surface area contributed by atoms with Crippen molar-refractivity contribution in [1.29, 1.82) is 0 Å². The quantitative estimate of drug-likeness (QED) is 0.739. The van der Waals surface area contributed by atoms with E-state index in [2.05, 4.69) is 5.32 Å². The molecule has 1 aliphatic heterocycles. The first-order valence-electron chi connectivity index (χ1n) is 8.51. The molecule has 2 aromatic carbocycles. The van der Waals surface area contributed by atoms with Gasteiger partial charge in [-0.3, -0.25) is 0 Å². The molecule has 0 radical (unpaired) electrons. The summed E-state index contributed by atoms with van der Waals surface area (Å²) in [5, 5.41) is 12.3. The van der Waals surface area contributed by atoms with Crippen molar-refractivity contribution in [1.82, 2.24) is 5.32 Å². The molecule has 0 saturated heterocycles. The predicted octanol–water partition coefficient (Wildman–Crippen LogP) is 4.69. The Balaban J connectivity index is 1.85. The predicted molar refractivity (Wildman–Crippen MR) is 96.4 cm³/mol. The number of carbonyl (C=O) groups is 1. The molecule has 1 atom stereocenters. The fraction of sp³-hybridized carbons (Fsp3) is 0.250. The number of carboxylic acids is 1. The van der Waals surface area contributed by atoms with Gasteiger partial charge in [-0.05, 0) is 61.4 Å². The first kappa shape index (κ1) is 19.7. The second-order valence-corrected chi connectivity index (χ2v) is 6.71. The normalized spacial score (nSPS) is 16.7. The van der Waals surface area contributed by atoms with Crippen molar-refractivity contribution < 1.29 is 27.5 Å². The molecule has 8 heteroatoms. The highest BCUT2D eigenvalue weighted by Crippen LogP contribution is 2.31. The molecule has 2 N–H and O–H groups in total. The summed E-state index contributed by atoms with van der Waals surface area (Å²) in [6, 6.07) is 7.39. The van der Waals surface area contributed by atoms with Gasteiger partial charge in [0.15, 0.2) is 0 Å². The van der Waals surface area contributed by atoms with Gasteiger partial charge < -0.3 is 15.3 Å². The van der Waals surface area contributed by atoms with E-state index in [0.717, 1.165) is 17.8 Å². The molecule has 0 amide bonds. The Kier molecular flexibility index (Phi) is 5.06. The van der Waals surface area contributed by atoms with Crippen LogP contribution in [0.5, 0.6) is 0 Å². The number of aromatic carboxylic acids is 1. The van der Waals surface area contributed by atoms with Crippen LogP contribution in [0.3, 0.4) is 0 Å². The first-order valence-corrected chi connectivity index (χ1v) is 8.51. The van der Waals surface area contributed by atoms with Crippen LogP contribution in [0.1, 0.15) is 34.0 Å². The first-order chi connectivity index (χ1) is 13.0. The Morgan fingerprint density at radius 2 is 1.93 bits per heavy atom. The smallest absolute Gasteiger partial charge is 0.416 e. The highest BCUT2D eigenvalue weighted by Gasteiger charge is 2.31. The van der Waals surface area contributed by atoms with Crippen molar-refractivity contribution in [2.45, 2.75) is 32.6 Å². The number of hydrogen-bond acceptors (Lipinski definition) is 3. The van der Waals surface area contributed by atoms with Crippen LogP contribution in [0.15, 0.2) is 48.3 Å². The second kappa shape index (κ2) is 7.18. The van der Waals surface area contributed by atoms with Crippen molar-refractivity contribution in [3.8, 4) is 0 Å². The van der Waals surface area contributed by atoms with E-state index in [1.165, 1.54) is 6.07 Å². The average molecular weight is 394 g/mol. The molecule has 0 saturated carbocycles. The largest absolute Gasteiger partial charge is 0.478 e. The molecule has 0 aromatic heterocycles. The monoisotopic (exact) mass is 394 g/mol. The lowest BCUT2D eigenvalue weighted by molar-refractivity contribution is -0.137. The van der Waals surface area contributed by atoms with Crippen LogP contribution < -0.4 is 10.2 Å². The Morgan fingerprint density at radius 1 is 1.21 bits per heavy atom. The minimum atomic E-state index is -4.61. The summed E-state index contributed by atoms with van der Waals surface area (Å²) in [5.74, 6) is -1.95. The second-order valence-electron chi connectivity index (χ2n) is 6.71. The van der Waals surface area contributed by atoms with Crippen molar-refractivity contribution in [2.24, 2.45) is 0 Å². The number of aryl methyl sites for hydroxylation is 1. The van der Waals surface area contributed by atoms with E-state index in [1.54, 1.807) is 25.3 Å². The molecule has 148 valence electrons. The summed E-state index contributed by atoms with van der Waals surface area (Å²) in [6.45, 7) is 3.55. The number of nitrogens with zero attached hydrogens (tertiary/aromatic N) is 1. The number of anilines is 1. The van der Waals surface area contributed by atoms with Crippen molar-refractivity contribution in [3.05, 3.63) is 76.4 Å². The third-order valence-electron chi connectivity index (χ3n) is 4.52. The van der Waals surface area contributed by atoms with Gasteiger partial charge in [-0.1, -0.05) is 0 Å².